The molecule has 190 valence electrons. The summed E-state index contributed by atoms with van der Waals surface area (Å²) < 4.78 is 17.7. The number of nitrogens with one attached hydrogen (secondary N) is 1. The van der Waals surface area contributed by atoms with Crippen LogP contribution in [-0.4, -0.2) is 45.1 Å². The summed E-state index contributed by atoms with van der Waals surface area (Å²) >= 11 is 5.98. The molecule has 0 saturated heterocycles. The fourth-order valence-corrected chi connectivity index (χ4v) is 4.73. The molecule has 1 amide bonds. The Hall–Kier alpha value is -3.81. The molecule has 3 aromatic carbocycles. The molecular weight excluding hydrogens is 492 g/mol. The van der Waals surface area contributed by atoms with Crippen molar-refractivity contribution in [2.24, 2.45) is 0 Å². The summed E-state index contributed by atoms with van der Waals surface area (Å²) in [6, 6.07) is 19.4. The van der Waals surface area contributed by atoms with E-state index in [1.54, 1.807) is 36.3 Å². The number of carbonyl (C=O) groups is 1. The van der Waals surface area contributed by atoms with Gasteiger partial charge in [0.05, 0.1) is 51.3 Å². The summed E-state index contributed by atoms with van der Waals surface area (Å²) in [5.41, 5.74) is 2.28. The summed E-state index contributed by atoms with van der Waals surface area (Å²) in [7, 11) is 5.61. The molecule has 37 heavy (non-hydrogen) atoms. The number of methoxy groups -OCH3 is 1. The molecule has 0 saturated carbocycles. The molecule has 0 unspecified atom stereocenters. The minimum Gasteiger partial charge on any atom is -0.493 e. The van der Waals surface area contributed by atoms with E-state index in [9.17, 15) is 9.59 Å². The lowest BCUT2D eigenvalue weighted by atomic mass is 9.98. The molecule has 1 N–H and O–H groups in total. The first-order valence-corrected chi connectivity index (χ1v) is 12.5. The summed E-state index contributed by atoms with van der Waals surface area (Å²) in [6.45, 7) is 1.51. The van der Waals surface area contributed by atoms with Gasteiger partial charge in [-0.3, -0.25) is 9.59 Å². The maximum atomic E-state index is 13.6. The molecule has 4 aromatic rings. The van der Waals surface area contributed by atoms with Crippen LogP contribution in [0.1, 0.15) is 33.3 Å². The topological polar surface area (TPSA) is 73.4 Å². The van der Waals surface area contributed by atoms with E-state index >= 15 is 0 Å². The van der Waals surface area contributed by atoms with Crippen LogP contribution < -0.4 is 19.8 Å². The number of amides is 1. The number of rotatable bonds is 8. The average molecular weight is 520 g/mol. The number of ether oxygens (including phenoxy) is 2. The molecule has 8 heteroatoms. The summed E-state index contributed by atoms with van der Waals surface area (Å²) in [5, 5.41) is 1.11. The Morgan fingerprint density at radius 2 is 1.76 bits per heavy atom. The van der Waals surface area contributed by atoms with Gasteiger partial charge in [-0.2, -0.15) is 0 Å². The maximum Gasteiger partial charge on any atom is 0.291 e. The van der Waals surface area contributed by atoms with Gasteiger partial charge in [0.15, 0.2) is 16.9 Å². The first-order chi connectivity index (χ1) is 17.9. The number of halogens is 1. The Labute approximate surface area is 219 Å². The highest BCUT2D eigenvalue weighted by atomic mass is 35.5. The third-order valence-corrected chi connectivity index (χ3v) is 6.79. The zero-order valence-corrected chi connectivity index (χ0v) is 21.7. The minimum atomic E-state index is -0.595. The lowest BCUT2D eigenvalue weighted by Gasteiger charge is -2.26. The van der Waals surface area contributed by atoms with Crippen molar-refractivity contribution in [3.63, 3.8) is 0 Å². The van der Waals surface area contributed by atoms with Gasteiger partial charge in [0.2, 0.25) is 5.76 Å². The van der Waals surface area contributed by atoms with Gasteiger partial charge in [-0.05, 0) is 47.5 Å². The molecule has 0 radical (unpaired) electrons. The number of carbonyl (C=O) groups excluding carboxylic acids is 1. The van der Waals surface area contributed by atoms with E-state index in [1.165, 1.54) is 4.90 Å². The lowest BCUT2D eigenvalue weighted by molar-refractivity contribution is -0.857. The predicted molar refractivity (Wildman–Crippen MR) is 142 cm³/mol. The van der Waals surface area contributed by atoms with Gasteiger partial charge in [0.25, 0.3) is 5.91 Å². The summed E-state index contributed by atoms with van der Waals surface area (Å²) in [4.78, 5) is 30.0. The van der Waals surface area contributed by atoms with Crippen LogP contribution in [0.4, 0.5) is 0 Å². The lowest BCUT2D eigenvalue weighted by Crippen LogP contribution is -3.06. The number of benzene rings is 3. The molecule has 0 spiro atoms. The van der Waals surface area contributed by atoms with Crippen LogP contribution in [0.15, 0.2) is 75.9 Å². The molecule has 1 aromatic heterocycles. The molecule has 1 atom stereocenters. The van der Waals surface area contributed by atoms with Crippen LogP contribution in [0.2, 0.25) is 5.02 Å². The second kappa shape index (κ2) is 10.3. The van der Waals surface area contributed by atoms with Gasteiger partial charge < -0.3 is 23.7 Å². The number of nitrogens with zero attached hydrogens (tertiary/aromatic N) is 1. The Morgan fingerprint density at radius 3 is 2.49 bits per heavy atom. The van der Waals surface area contributed by atoms with Crippen molar-refractivity contribution in [2.45, 2.75) is 12.6 Å². The fraction of sp³-hybridized carbons (Fsp3) is 0.241. The fourth-order valence-electron chi connectivity index (χ4n) is 4.60. The van der Waals surface area contributed by atoms with E-state index < -0.39 is 6.04 Å². The van der Waals surface area contributed by atoms with Crippen LogP contribution >= 0.6 is 11.6 Å². The van der Waals surface area contributed by atoms with Crippen molar-refractivity contribution < 1.29 is 23.6 Å². The van der Waals surface area contributed by atoms with Gasteiger partial charge in [-0.25, -0.2) is 0 Å². The van der Waals surface area contributed by atoms with Gasteiger partial charge >= 0.3 is 0 Å². The molecule has 1 aliphatic rings. The highest BCUT2D eigenvalue weighted by Crippen LogP contribution is 2.40. The van der Waals surface area contributed by atoms with Crippen molar-refractivity contribution >= 4 is 28.5 Å². The van der Waals surface area contributed by atoms with Crippen LogP contribution in [0, 0.1) is 0 Å². The summed E-state index contributed by atoms with van der Waals surface area (Å²) in [5.74, 6) is 0.881. The number of hydrogen-bond donors (Lipinski definition) is 1. The van der Waals surface area contributed by atoms with E-state index in [2.05, 4.69) is 0 Å². The minimum absolute atomic E-state index is 0.101. The molecule has 2 heterocycles. The van der Waals surface area contributed by atoms with Crippen molar-refractivity contribution in [3.8, 4) is 11.5 Å². The van der Waals surface area contributed by atoms with Crippen LogP contribution in [0.3, 0.4) is 0 Å². The summed E-state index contributed by atoms with van der Waals surface area (Å²) in [6.07, 6.45) is 0. The highest BCUT2D eigenvalue weighted by Gasteiger charge is 2.43. The Kier molecular flexibility index (Phi) is 6.91. The molecule has 0 aliphatic carbocycles. The molecule has 1 aliphatic heterocycles. The first-order valence-electron chi connectivity index (χ1n) is 12.1. The highest BCUT2D eigenvalue weighted by molar-refractivity contribution is 6.30. The molecule has 5 rings (SSSR count). The smallest absolute Gasteiger partial charge is 0.291 e. The van der Waals surface area contributed by atoms with E-state index in [-0.39, 0.29) is 17.1 Å². The molecule has 0 bridgehead atoms. The molecule has 0 fully saturated rings. The normalized spacial score (nSPS) is 14.9. The predicted octanol–water partition coefficient (Wildman–Crippen LogP) is 3.72. The Morgan fingerprint density at radius 1 is 1.00 bits per heavy atom. The number of fused-ring (bicyclic) bond motifs is 2. The molecular formula is C29H28ClN2O5+. The largest absolute Gasteiger partial charge is 0.493 e. The van der Waals surface area contributed by atoms with Gasteiger partial charge in [0, 0.05) is 5.02 Å². The van der Waals surface area contributed by atoms with Crippen LogP contribution in [-0.2, 0) is 6.61 Å². The standard InChI is InChI=1S/C29H27ClN2O5/c1-31(2)14-15-32-26(25-27(33)21-6-4-5-7-22(21)37-28(25)29(32)34)19-10-13-23(24(16-19)35-3)36-17-18-8-11-20(30)12-9-18/h4-13,16,26H,14-15,17H2,1-3H3/p+1/t26-/m1/s1. The van der Waals surface area contributed by atoms with Crippen molar-refractivity contribution in [2.75, 3.05) is 34.3 Å². The third kappa shape index (κ3) is 4.80. The van der Waals surface area contributed by atoms with Crippen molar-refractivity contribution in [3.05, 3.63) is 104 Å². The second-order valence-electron chi connectivity index (χ2n) is 9.35. The second-order valence-corrected chi connectivity index (χ2v) is 9.79. The van der Waals surface area contributed by atoms with Gasteiger partial charge in [-0.15, -0.1) is 0 Å². The van der Waals surface area contributed by atoms with Gasteiger partial charge in [0.1, 0.15) is 12.2 Å². The zero-order valence-electron chi connectivity index (χ0n) is 20.9. The molecule has 7 nitrogen and oxygen atoms in total. The van der Waals surface area contributed by atoms with Crippen LogP contribution in [0.5, 0.6) is 11.5 Å². The monoisotopic (exact) mass is 519 g/mol. The quantitative estimate of drug-likeness (QED) is 0.384. The van der Waals surface area contributed by atoms with Crippen LogP contribution in [0.25, 0.3) is 11.0 Å². The zero-order chi connectivity index (χ0) is 26.1. The Bertz CT molecular complexity index is 1510. The number of quaternary nitrogens is 1. The van der Waals surface area contributed by atoms with E-state index in [0.29, 0.717) is 52.8 Å². The Balaban J connectivity index is 1.55. The maximum absolute atomic E-state index is 13.6. The third-order valence-electron chi connectivity index (χ3n) is 6.54. The van der Waals surface area contributed by atoms with Crippen molar-refractivity contribution in [1.82, 2.24) is 4.90 Å². The average Bonchev–Trinajstić information content (AvgIpc) is 3.18. The van der Waals surface area contributed by atoms with E-state index in [4.69, 9.17) is 25.5 Å². The number of para-hydroxylation sites is 1. The van der Waals surface area contributed by atoms with E-state index in [0.717, 1.165) is 11.1 Å². The van der Waals surface area contributed by atoms with Crippen molar-refractivity contribution in [1.29, 1.82) is 0 Å². The first kappa shape index (κ1) is 24.9. The SMILES string of the molecule is COc1cc([C@@H]2c3c(oc4ccccc4c3=O)C(=O)N2CC[NH+](C)C)ccc1OCc1ccc(Cl)cc1. The number of likely N-dealkylation sites (N-methyl/N-ethyl adjacent to an activating group) is 1. The number of hydrogen-bond acceptors (Lipinski definition) is 5. The van der Waals surface area contributed by atoms with Gasteiger partial charge in [-0.1, -0.05) is 41.9 Å². The van der Waals surface area contributed by atoms with E-state index in [1.807, 2.05) is 56.6 Å².